The van der Waals surface area contributed by atoms with Crippen molar-refractivity contribution in [2.75, 3.05) is 18.0 Å². The zero-order chi connectivity index (χ0) is 22.2. The minimum atomic E-state index is -0.201. The van der Waals surface area contributed by atoms with Gasteiger partial charge in [0.05, 0.1) is 17.9 Å². The highest BCUT2D eigenvalue weighted by Crippen LogP contribution is 2.30. The number of rotatable bonds is 5. The van der Waals surface area contributed by atoms with Crippen molar-refractivity contribution in [3.05, 3.63) is 57.7 Å². The molecular formula is C22H24ClN7O2. The Morgan fingerprint density at radius 1 is 1.19 bits per heavy atom. The molecule has 5 rings (SSSR count). The summed E-state index contributed by atoms with van der Waals surface area (Å²) in [5, 5.41) is 4.66. The molecule has 32 heavy (non-hydrogen) atoms. The summed E-state index contributed by atoms with van der Waals surface area (Å²) >= 11 is 6.09. The van der Waals surface area contributed by atoms with Crippen LogP contribution in [0, 0.1) is 0 Å². The van der Waals surface area contributed by atoms with Gasteiger partial charge in [-0.1, -0.05) is 23.7 Å². The largest absolute Gasteiger partial charge is 0.341 e. The predicted octanol–water partition coefficient (Wildman–Crippen LogP) is 3.58. The van der Waals surface area contributed by atoms with E-state index in [1.807, 2.05) is 30.5 Å². The minimum absolute atomic E-state index is 0.0823. The lowest BCUT2D eigenvalue weighted by Crippen LogP contribution is -2.39. The molecule has 0 spiro atoms. The van der Waals surface area contributed by atoms with E-state index in [0.717, 1.165) is 25.8 Å². The van der Waals surface area contributed by atoms with Gasteiger partial charge < -0.3 is 14.0 Å². The standard InChI is InChI=1S/C22H24ClN7O2/c1-3-17-25-20(32-27-17)14-6-5-11-29(12-14)22-26-19-18(24-13-28(19)4-2)21(31)30(22)16-9-7-15(23)8-10-16/h7-10,13-14H,3-6,11-12H2,1-2H3. The molecule has 0 radical (unpaired) electrons. The van der Waals surface area contributed by atoms with Crippen LogP contribution in [0.4, 0.5) is 5.95 Å². The highest BCUT2D eigenvalue weighted by Gasteiger charge is 2.29. The number of aromatic nitrogens is 6. The van der Waals surface area contributed by atoms with Gasteiger partial charge in [0.25, 0.3) is 5.56 Å². The molecule has 1 atom stereocenters. The van der Waals surface area contributed by atoms with Gasteiger partial charge in [0.2, 0.25) is 11.8 Å². The summed E-state index contributed by atoms with van der Waals surface area (Å²) in [6, 6.07) is 7.19. The van der Waals surface area contributed by atoms with Gasteiger partial charge in [0.15, 0.2) is 17.0 Å². The SMILES string of the molecule is CCc1noc(C2CCCN(c3nc4c(ncn4CC)c(=O)n3-c3ccc(Cl)cc3)C2)n1. The van der Waals surface area contributed by atoms with E-state index in [4.69, 9.17) is 21.1 Å². The zero-order valence-corrected chi connectivity index (χ0v) is 18.8. The van der Waals surface area contributed by atoms with E-state index in [1.54, 1.807) is 23.0 Å². The summed E-state index contributed by atoms with van der Waals surface area (Å²) in [7, 11) is 0. The molecule has 1 aliphatic heterocycles. The van der Waals surface area contributed by atoms with Crippen LogP contribution in [0.1, 0.15) is 44.3 Å². The molecule has 10 heteroatoms. The maximum Gasteiger partial charge on any atom is 0.287 e. The molecule has 0 saturated carbocycles. The Kier molecular flexibility index (Phi) is 5.42. The van der Waals surface area contributed by atoms with Crippen LogP contribution in [0.15, 0.2) is 39.9 Å². The van der Waals surface area contributed by atoms with Gasteiger partial charge in [-0.05, 0) is 44.0 Å². The molecule has 0 aliphatic carbocycles. The molecular weight excluding hydrogens is 430 g/mol. The summed E-state index contributed by atoms with van der Waals surface area (Å²) in [4.78, 5) is 29.5. The molecule has 9 nitrogen and oxygen atoms in total. The molecule has 3 aromatic heterocycles. The van der Waals surface area contributed by atoms with Crippen LogP contribution in [0.25, 0.3) is 16.9 Å². The Morgan fingerprint density at radius 3 is 2.72 bits per heavy atom. The van der Waals surface area contributed by atoms with Gasteiger partial charge in [0.1, 0.15) is 0 Å². The molecule has 1 unspecified atom stereocenters. The molecule has 0 bridgehead atoms. The van der Waals surface area contributed by atoms with E-state index in [-0.39, 0.29) is 11.5 Å². The lowest BCUT2D eigenvalue weighted by molar-refractivity contribution is 0.329. The molecule has 0 N–H and O–H groups in total. The average Bonchev–Trinajstić information content (AvgIpc) is 3.47. The topological polar surface area (TPSA) is 94.9 Å². The van der Waals surface area contributed by atoms with Crippen molar-refractivity contribution in [3.63, 3.8) is 0 Å². The Hall–Kier alpha value is -3.20. The summed E-state index contributed by atoms with van der Waals surface area (Å²) in [5.74, 6) is 2.02. The van der Waals surface area contributed by atoms with E-state index in [0.29, 0.717) is 52.6 Å². The van der Waals surface area contributed by atoms with E-state index in [1.165, 1.54) is 0 Å². The van der Waals surface area contributed by atoms with Gasteiger partial charge >= 0.3 is 0 Å². The second kappa shape index (κ2) is 8.38. The quantitative estimate of drug-likeness (QED) is 0.455. The van der Waals surface area contributed by atoms with Crippen LogP contribution in [0.3, 0.4) is 0 Å². The number of fused-ring (bicyclic) bond motifs is 1. The van der Waals surface area contributed by atoms with Crippen LogP contribution < -0.4 is 10.5 Å². The third kappa shape index (κ3) is 3.56. The Morgan fingerprint density at radius 2 is 2.00 bits per heavy atom. The Labute approximate surface area is 189 Å². The third-order valence-corrected chi connectivity index (χ3v) is 6.15. The molecule has 1 aromatic carbocycles. The number of halogens is 1. The molecule has 4 heterocycles. The van der Waals surface area contributed by atoms with E-state index in [9.17, 15) is 4.79 Å². The van der Waals surface area contributed by atoms with Crippen molar-refractivity contribution in [2.24, 2.45) is 0 Å². The third-order valence-electron chi connectivity index (χ3n) is 5.90. The van der Waals surface area contributed by atoms with Crippen molar-refractivity contribution < 1.29 is 4.52 Å². The minimum Gasteiger partial charge on any atom is -0.341 e. The van der Waals surface area contributed by atoms with Crippen LogP contribution in [0.5, 0.6) is 0 Å². The summed E-state index contributed by atoms with van der Waals surface area (Å²) in [6.45, 7) is 6.10. The van der Waals surface area contributed by atoms with Crippen LogP contribution in [-0.4, -0.2) is 42.3 Å². The first-order chi connectivity index (χ1) is 15.6. The first-order valence-electron chi connectivity index (χ1n) is 10.9. The number of aryl methyl sites for hydroxylation is 2. The zero-order valence-electron chi connectivity index (χ0n) is 18.0. The second-order valence-corrected chi connectivity index (χ2v) is 8.36. The van der Waals surface area contributed by atoms with E-state index in [2.05, 4.69) is 20.0 Å². The smallest absolute Gasteiger partial charge is 0.287 e. The number of imidazole rings is 1. The monoisotopic (exact) mass is 453 g/mol. The highest BCUT2D eigenvalue weighted by molar-refractivity contribution is 6.30. The van der Waals surface area contributed by atoms with Crippen molar-refractivity contribution in [1.29, 1.82) is 0 Å². The maximum atomic E-state index is 13.5. The van der Waals surface area contributed by atoms with Gasteiger partial charge in [-0.25, -0.2) is 9.55 Å². The second-order valence-electron chi connectivity index (χ2n) is 7.92. The number of hydrogen-bond donors (Lipinski definition) is 0. The molecule has 1 aliphatic rings. The molecule has 4 aromatic rings. The van der Waals surface area contributed by atoms with Crippen molar-refractivity contribution in [3.8, 4) is 5.69 Å². The first kappa shape index (κ1) is 20.7. The predicted molar refractivity (Wildman–Crippen MR) is 122 cm³/mol. The molecule has 0 amide bonds. The first-order valence-corrected chi connectivity index (χ1v) is 11.3. The van der Waals surface area contributed by atoms with Crippen LogP contribution in [-0.2, 0) is 13.0 Å². The van der Waals surface area contributed by atoms with Gasteiger partial charge in [-0.15, -0.1) is 0 Å². The van der Waals surface area contributed by atoms with Crippen LogP contribution >= 0.6 is 11.6 Å². The Balaban J connectivity index is 1.63. The van der Waals surface area contributed by atoms with Crippen molar-refractivity contribution >= 4 is 28.7 Å². The van der Waals surface area contributed by atoms with E-state index < -0.39 is 0 Å². The summed E-state index contributed by atoms with van der Waals surface area (Å²) in [6.07, 6.45) is 4.27. The fourth-order valence-electron chi connectivity index (χ4n) is 4.19. The fourth-order valence-corrected chi connectivity index (χ4v) is 4.32. The van der Waals surface area contributed by atoms with Gasteiger partial charge in [0, 0.05) is 31.1 Å². The highest BCUT2D eigenvalue weighted by atomic mass is 35.5. The number of benzene rings is 1. The number of anilines is 1. The average molecular weight is 454 g/mol. The molecule has 1 saturated heterocycles. The van der Waals surface area contributed by atoms with Crippen molar-refractivity contribution in [1.82, 2.24) is 29.2 Å². The number of piperidine rings is 1. The molecule has 1 fully saturated rings. The van der Waals surface area contributed by atoms with Gasteiger partial charge in [-0.2, -0.15) is 9.97 Å². The number of hydrogen-bond acceptors (Lipinski definition) is 7. The Bertz CT molecular complexity index is 1310. The van der Waals surface area contributed by atoms with Crippen molar-refractivity contribution in [2.45, 2.75) is 45.6 Å². The van der Waals surface area contributed by atoms with E-state index >= 15 is 0 Å². The van der Waals surface area contributed by atoms with Gasteiger partial charge in [-0.3, -0.25) is 4.79 Å². The lowest BCUT2D eigenvalue weighted by Gasteiger charge is -2.33. The van der Waals surface area contributed by atoms with Crippen LogP contribution in [0.2, 0.25) is 5.02 Å². The normalized spacial score (nSPS) is 16.7. The summed E-state index contributed by atoms with van der Waals surface area (Å²) in [5.41, 5.74) is 1.44. The summed E-state index contributed by atoms with van der Waals surface area (Å²) < 4.78 is 9.03. The maximum absolute atomic E-state index is 13.5. The molecule has 166 valence electrons. The lowest BCUT2D eigenvalue weighted by atomic mass is 9.98. The number of nitrogens with zero attached hydrogens (tertiary/aromatic N) is 7. The fraction of sp³-hybridized carbons (Fsp3) is 0.409.